The Balaban J connectivity index is 1.57. The highest BCUT2D eigenvalue weighted by atomic mass is 32.2. The largest absolute Gasteiger partial charge is 0.451 e. The van der Waals surface area contributed by atoms with Gasteiger partial charge in [-0.3, -0.25) is 9.59 Å². The van der Waals surface area contributed by atoms with Crippen molar-refractivity contribution >= 4 is 28.6 Å². The van der Waals surface area contributed by atoms with Gasteiger partial charge in [0.2, 0.25) is 0 Å². The number of carbonyl (C=O) groups is 1. The molecule has 6 heteroatoms. The van der Waals surface area contributed by atoms with E-state index in [-0.39, 0.29) is 17.7 Å². The molecule has 0 bridgehead atoms. The summed E-state index contributed by atoms with van der Waals surface area (Å²) in [4.78, 5) is 24.6. The summed E-state index contributed by atoms with van der Waals surface area (Å²) in [5.41, 5.74) is 0.847. The van der Waals surface area contributed by atoms with Crippen molar-refractivity contribution in [1.82, 2.24) is 5.32 Å². The molecule has 4 rings (SSSR count). The zero-order valence-electron chi connectivity index (χ0n) is 13.9. The van der Waals surface area contributed by atoms with Crippen molar-refractivity contribution in [1.29, 1.82) is 0 Å². The lowest BCUT2D eigenvalue weighted by Crippen LogP contribution is -2.44. The van der Waals surface area contributed by atoms with E-state index in [1.54, 1.807) is 36.0 Å². The fourth-order valence-corrected chi connectivity index (χ4v) is 4.35. The average molecular weight is 367 g/mol. The van der Waals surface area contributed by atoms with E-state index in [1.165, 1.54) is 6.07 Å². The van der Waals surface area contributed by atoms with E-state index in [0.29, 0.717) is 16.7 Å². The van der Waals surface area contributed by atoms with E-state index in [9.17, 15) is 14.7 Å². The van der Waals surface area contributed by atoms with Crippen molar-refractivity contribution in [3.8, 4) is 0 Å². The van der Waals surface area contributed by atoms with Gasteiger partial charge in [-0.1, -0.05) is 36.4 Å². The fourth-order valence-electron chi connectivity index (χ4n) is 3.18. The molecule has 2 heterocycles. The molecule has 1 aliphatic heterocycles. The van der Waals surface area contributed by atoms with Gasteiger partial charge in [0.05, 0.1) is 11.9 Å². The Hall–Kier alpha value is -2.57. The van der Waals surface area contributed by atoms with Gasteiger partial charge in [0, 0.05) is 17.6 Å². The second-order valence-corrected chi connectivity index (χ2v) is 7.32. The molecule has 26 heavy (non-hydrogen) atoms. The zero-order chi connectivity index (χ0) is 18.1. The van der Waals surface area contributed by atoms with E-state index in [2.05, 4.69) is 5.32 Å². The van der Waals surface area contributed by atoms with E-state index in [0.717, 1.165) is 16.9 Å². The predicted octanol–water partition coefficient (Wildman–Crippen LogP) is 2.66. The quantitative estimate of drug-likeness (QED) is 0.744. The number of fused-ring (bicyclic) bond motifs is 2. The predicted molar refractivity (Wildman–Crippen MR) is 101 cm³/mol. The molecule has 5 nitrogen and oxygen atoms in total. The van der Waals surface area contributed by atoms with Crippen molar-refractivity contribution in [2.24, 2.45) is 0 Å². The minimum atomic E-state index is -1.15. The molecule has 0 saturated heterocycles. The van der Waals surface area contributed by atoms with Gasteiger partial charge in [-0.25, -0.2) is 0 Å². The SMILES string of the molecule is O=C(NCC1(O)CSCc2ccccc21)c1cc(=O)c2ccccc2o1. The summed E-state index contributed by atoms with van der Waals surface area (Å²) in [6, 6.07) is 15.7. The topological polar surface area (TPSA) is 79.5 Å². The van der Waals surface area contributed by atoms with Gasteiger partial charge in [-0.2, -0.15) is 11.8 Å². The highest BCUT2D eigenvalue weighted by Gasteiger charge is 2.35. The van der Waals surface area contributed by atoms with Gasteiger partial charge >= 0.3 is 0 Å². The third-order valence-electron chi connectivity index (χ3n) is 4.52. The van der Waals surface area contributed by atoms with Crippen LogP contribution in [0.1, 0.15) is 21.7 Å². The maximum absolute atomic E-state index is 12.5. The van der Waals surface area contributed by atoms with Crippen LogP contribution < -0.4 is 10.7 Å². The molecule has 2 aromatic carbocycles. The number of nitrogens with one attached hydrogen (secondary N) is 1. The molecule has 0 fully saturated rings. The summed E-state index contributed by atoms with van der Waals surface area (Å²) in [6.45, 7) is 0.0480. The number of para-hydroxylation sites is 1. The summed E-state index contributed by atoms with van der Waals surface area (Å²) in [5, 5.41) is 14.2. The molecule has 1 aromatic heterocycles. The summed E-state index contributed by atoms with van der Waals surface area (Å²) in [5.74, 6) is 0.751. The van der Waals surface area contributed by atoms with Crippen molar-refractivity contribution in [3.05, 3.63) is 81.7 Å². The van der Waals surface area contributed by atoms with Crippen molar-refractivity contribution < 1.29 is 14.3 Å². The van der Waals surface area contributed by atoms with Crippen LogP contribution in [0.5, 0.6) is 0 Å². The highest BCUT2D eigenvalue weighted by molar-refractivity contribution is 7.98. The summed E-state index contributed by atoms with van der Waals surface area (Å²) >= 11 is 1.62. The first-order valence-corrected chi connectivity index (χ1v) is 9.42. The zero-order valence-corrected chi connectivity index (χ0v) is 14.7. The number of hydrogen-bond donors (Lipinski definition) is 2. The summed E-state index contributed by atoms with van der Waals surface area (Å²) in [6.07, 6.45) is 0. The Kier molecular flexibility index (Phi) is 4.30. The van der Waals surface area contributed by atoms with Gasteiger partial charge in [-0.15, -0.1) is 0 Å². The van der Waals surface area contributed by atoms with Crippen LogP contribution in [0, 0.1) is 0 Å². The smallest absolute Gasteiger partial charge is 0.287 e. The first-order chi connectivity index (χ1) is 12.6. The van der Waals surface area contributed by atoms with Gasteiger partial charge in [0.15, 0.2) is 11.2 Å². The van der Waals surface area contributed by atoms with Gasteiger partial charge in [-0.05, 0) is 23.3 Å². The number of rotatable bonds is 3. The van der Waals surface area contributed by atoms with Gasteiger partial charge in [0.1, 0.15) is 11.2 Å². The van der Waals surface area contributed by atoms with E-state index in [1.807, 2.05) is 24.3 Å². The lowest BCUT2D eigenvalue weighted by molar-refractivity contribution is 0.0544. The Morgan fingerprint density at radius 2 is 1.96 bits per heavy atom. The molecule has 1 atom stereocenters. The van der Waals surface area contributed by atoms with Crippen LogP contribution in [0.3, 0.4) is 0 Å². The van der Waals surface area contributed by atoms with Crippen molar-refractivity contribution in [2.75, 3.05) is 12.3 Å². The molecule has 0 saturated carbocycles. The number of aliphatic hydroxyl groups is 1. The van der Waals surface area contributed by atoms with Gasteiger partial charge < -0.3 is 14.8 Å². The molecule has 1 amide bonds. The van der Waals surface area contributed by atoms with E-state index in [4.69, 9.17) is 4.42 Å². The number of thioether (sulfide) groups is 1. The van der Waals surface area contributed by atoms with Crippen LogP contribution in [0.4, 0.5) is 0 Å². The van der Waals surface area contributed by atoms with Crippen LogP contribution in [0.25, 0.3) is 11.0 Å². The monoisotopic (exact) mass is 367 g/mol. The Labute approximate surface area is 154 Å². The lowest BCUT2D eigenvalue weighted by atomic mass is 9.91. The van der Waals surface area contributed by atoms with E-state index >= 15 is 0 Å². The van der Waals surface area contributed by atoms with E-state index < -0.39 is 11.5 Å². The Bertz CT molecular complexity index is 1050. The first-order valence-electron chi connectivity index (χ1n) is 8.26. The van der Waals surface area contributed by atoms with Crippen LogP contribution >= 0.6 is 11.8 Å². The van der Waals surface area contributed by atoms with Crippen LogP contribution in [-0.4, -0.2) is 23.3 Å². The Morgan fingerprint density at radius 3 is 2.85 bits per heavy atom. The van der Waals surface area contributed by atoms with Crippen LogP contribution in [0.2, 0.25) is 0 Å². The number of amides is 1. The van der Waals surface area contributed by atoms with Crippen LogP contribution in [-0.2, 0) is 11.4 Å². The van der Waals surface area contributed by atoms with Crippen molar-refractivity contribution in [2.45, 2.75) is 11.4 Å². The van der Waals surface area contributed by atoms with Crippen molar-refractivity contribution in [3.63, 3.8) is 0 Å². The molecule has 132 valence electrons. The second-order valence-electron chi connectivity index (χ2n) is 6.34. The minimum absolute atomic E-state index is 0.0480. The minimum Gasteiger partial charge on any atom is -0.451 e. The molecule has 0 spiro atoms. The average Bonchev–Trinajstić information content (AvgIpc) is 2.66. The lowest BCUT2D eigenvalue weighted by Gasteiger charge is -2.34. The normalized spacial score (nSPS) is 19.1. The molecule has 1 unspecified atom stereocenters. The third-order valence-corrected chi connectivity index (χ3v) is 5.71. The maximum atomic E-state index is 12.5. The summed E-state index contributed by atoms with van der Waals surface area (Å²) in [7, 11) is 0. The molecule has 3 aromatic rings. The maximum Gasteiger partial charge on any atom is 0.287 e. The second kappa shape index (κ2) is 6.63. The Morgan fingerprint density at radius 1 is 1.19 bits per heavy atom. The fraction of sp³-hybridized carbons (Fsp3) is 0.200. The molecule has 1 aliphatic rings. The third kappa shape index (κ3) is 3.02. The molecule has 2 N–H and O–H groups in total. The number of benzene rings is 2. The molecular weight excluding hydrogens is 350 g/mol. The molecule has 0 aliphatic carbocycles. The number of hydrogen-bond acceptors (Lipinski definition) is 5. The number of carbonyl (C=O) groups excluding carboxylic acids is 1. The summed E-state index contributed by atoms with van der Waals surface area (Å²) < 4.78 is 5.55. The standard InChI is InChI=1S/C20H17NO4S/c22-16-9-18(25-17-8-4-2-6-14(16)17)19(23)21-11-20(24)12-26-10-13-5-1-3-7-15(13)20/h1-9,24H,10-12H2,(H,21,23). The van der Waals surface area contributed by atoms with Crippen LogP contribution in [0.15, 0.2) is 63.8 Å². The first kappa shape index (κ1) is 16.9. The highest BCUT2D eigenvalue weighted by Crippen LogP contribution is 2.35. The molecule has 0 radical (unpaired) electrons. The molecular formula is C20H17NO4S. The van der Waals surface area contributed by atoms with Gasteiger partial charge in [0.25, 0.3) is 5.91 Å².